The van der Waals surface area contributed by atoms with Crippen molar-refractivity contribution in [1.29, 1.82) is 0 Å². The summed E-state index contributed by atoms with van der Waals surface area (Å²) in [7, 11) is 0. The summed E-state index contributed by atoms with van der Waals surface area (Å²) in [6, 6.07) is 35.1. The molecule has 0 bridgehead atoms. The van der Waals surface area contributed by atoms with E-state index in [2.05, 4.69) is 152 Å². The van der Waals surface area contributed by atoms with Crippen LogP contribution >= 0.6 is 0 Å². The van der Waals surface area contributed by atoms with Gasteiger partial charge in [0.1, 0.15) is 11.2 Å². The van der Waals surface area contributed by atoms with Crippen molar-refractivity contribution in [2.75, 3.05) is 0 Å². The predicted octanol–water partition coefficient (Wildman–Crippen LogP) is 13.4. The van der Waals surface area contributed by atoms with Crippen molar-refractivity contribution in [1.82, 2.24) is 0 Å². The van der Waals surface area contributed by atoms with Crippen LogP contribution < -0.4 is 0 Å². The van der Waals surface area contributed by atoms with Crippen LogP contribution in [0.2, 0.25) is 0 Å². The maximum Gasteiger partial charge on any atom is 0.135 e. The van der Waals surface area contributed by atoms with E-state index < -0.39 is 0 Å². The summed E-state index contributed by atoms with van der Waals surface area (Å²) < 4.78 is 6.44. The zero-order chi connectivity index (χ0) is 32.7. The van der Waals surface area contributed by atoms with Gasteiger partial charge in [0.15, 0.2) is 0 Å². The monoisotopic (exact) mass is 608 g/mol. The Morgan fingerprint density at radius 2 is 0.681 bits per heavy atom. The van der Waals surface area contributed by atoms with E-state index in [9.17, 15) is 0 Å². The largest absolute Gasteiger partial charge is 0.456 e. The molecule has 0 saturated heterocycles. The van der Waals surface area contributed by atoms with E-state index in [1.54, 1.807) is 0 Å². The molecule has 1 heteroatoms. The van der Waals surface area contributed by atoms with Gasteiger partial charge in [0.2, 0.25) is 0 Å². The molecule has 1 nitrogen and oxygen atoms in total. The molecule has 1 aromatic heterocycles. The Bertz CT molecular complexity index is 2480. The summed E-state index contributed by atoms with van der Waals surface area (Å²) in [6.45, 7) is 18.5. The molecule has 8 aromatic rings. The summed E-state index contributed by atoms with van der Waals surface area (Å²) in [6.07, 6.45) is 0. The zero-order valence-corrected chi connectivity index (χ0v) is 28.6. The minimum Gasteiger partial charge on any atom is -0.456 e. The van der Waals surface area contributed by atoms with Gasteiger partial charge in [-0.15, -0.1) is 0 Å². The normalized spacial score (nSPS) is 11.8. The van der Waals surface area contributed by atoms with Gasteiger partial charge < -0.3 is 4.42 Å². The third-order valence-corrected chi connectivity index (χ3v) is 11.3. The Kier molecular flexibility index (Phi) is 6.67. The predicted molar refractivity (Wildman–Crippen MR) is 203 cm³/mol. The van der Waals surface area contributed by atoms with E-state index in [1.807, 2.05) is 0 Å². The number of rotatable bonds is 3. The highest BCUT2D eigenvalue weighted by atomic mass is 16.3. The summed E-state index contributed by atoms with van der Waals surface area (Å²) >= 11 is 0. The van der Waals surface area contributed by atoms with E-state index in [0.717, 1.165) is 21.9 Å². The number of hydrogen-bond donors (Lipinski definition) is 0. The SMILES string of the molecule is Cc1c(C)c(C)c2c(-c3ccc4oc5ccc(-c6ccccc6)cc5c4c3)c3c(C)c(C)c(C)c(C)c3c(-c3ccccc3)c2c1C. The van der Waals surface area contributed by atoms with Gasteiger partial charge in [-0.05, 0) is 179 Å². The molecule has 7 aromatic carbocycles. The Morgan fingerprint density at radius 3 is 1.13 bits per heavy atom. The Labute approximate surface area is 277 Å². The zero-order valence-electron chi connectivity index (χ0n) is 28.6. The lowest BCUT2D eigenvalue weighted by molar-refractivity contribution is 0.669. The fourth-order valence-corrected chi connectivity index (χ4v) is 8.05. The fraction of sp³-hybridized carbons (Fsp3) is 0.174. The van der Waals surface area contributed by atoms with Crippen molar-refractivity contribution in [2.24, 2.45) is 0 Å². The van der Waals surface area contributed by atoms with Gasteiger partial charge in [-0.25, -0.2) is 0 Å². The molecule has 47 heavy (non-hydrogen) atoms. The van der Waals surface area contributed by atoms with Crippen LogP contribution in [0.1, 0.15) is 44.5 Å². The number of aryl methyl sites for hydroxylation is 4. The van der Waals surface area contributed by atoms with Gasteiger partial charge in [-0.2, -0.15) is 0 Å². The standard InChI is InChI=1S/C46H40O/c1-25-27(3)31(7)43-41(29(25)5)45(34-17-13-10-14-18-34)42-30(6)26(2)28(4)32(8)44(42)46(43)36-20-22-40-38(24-36)37-23-35(19-21-39(37)47-40)33-15-11-9-12-16-33/h9-24H,1-8H3. The molecule has 230 valence electrons. The Hall–Kier alpha value is -5.14. The van der Waals surface area contributed by atoms with Crippen molar-refractivity contribution in [3.8, 4) is 33.4 Å². The van der Waals surface area contributed by atoms with E-state index in [1.165, 1.54) is 99.4 Å². The molecule has 0 aliphatic carbocycles. The van der Waals surface area contributed by atoms with Crippen LogP contribution in [0.5, 0.6) is 0 Å². The molecule has 0 saturated carbocycles. The molecule has 0 radical (unpaired) electrons. The molecule has 0 unspecified atom stereocenters. The van der Waals surface area contributed by atoms with Gasteiger partial charge in [0.25, 0.3) is 0 Å². The molecule has 1 heterocycles. The van der Waals surface area contributed by atoms with Crippen LogP contribution in [0, 0.1) is 55.4 Å². The van der Waals surface area contributed by atoms with Crippen LogP contribution in [-0.2, 0) is 0 Å². The van der Waals surface area contributed by atoms with Crippen molar-refractivity contribution in [2.45, 2.75) is 55.4 Å². The molecular formula is C46H40O. The van der Waals surface area contributed by atoms with Crippen LogP contribution in [0.3, 0.4) is 0 Å². The molecule has 0 amide bonds. The molecule has 0 aliphatic heterocycles. The first-order valence-corrected chi connectivity index (χ1v) is 16.7. The molecule has 0 spiro atoms. The maximum absolute atomic E-state index is 6.44. The fourth-order valence-electron chi connectivity index (χ4n) is 8.05. The maximum atomic E-state index is 6.44. The van der Waals surface area contributed by atoms with Crippen molar-refractivity contribution in [3.05, 3.63) is 142 Å². The molecule has 0 fully saturated rings. The van der Waals surface area contributed by atoms with Gasteiger partial charge in [-0.3, -0.25) is 0 Å². The van der Waals surface area contributed by atoms with E-state index in [0.29, 0.717) is 0 Å². The highest BCUT2D eigenvalue weighted by Crippen LogP contribution is 2.51. The first kappa shape index (κ1) is 29.3. The Balaban J connectivity index is 1.58. The number of furan rings is 1. The lowest BCUT2D eigenvalue weighted by Gasteiger charge is -2.27. The van der Waals surface area contributed by atoms with Crippen molar-refractivity contribution in [3.63, 3.8) is 0 Å². The first-order chi connectivity index (χ1) is 22.7. The minimum atomic E-state index is 0.919. The molecule has 0 N–H and O–H groups in total. The second-order valence-corrected chi connectivity index (χ2v) is 13.5. The number of fused-ring (bicyclic) bond motifs is 5. The second-order valence-electron chi connectivity index (χ2n) is 13.5. The van der Waals surface area contributed by atoms with Crippen LogP contribution in [-0.4, -0.2) is 0 Å². The summed E-state index contributed by atoms with van der Waals surface area (Å²) in [4.78, 5) is 0. The Morgan fingerprint density at radius 1 is 0.319 bits per heavy atom. The average molecular weight is 609 g/mol. The molecule has 8 rings (SSSR count). The van der Waals surface area contributed by atoms with Gasteiger partial charge in [0.05, 0.1) is 0 Å². The van der Waals surface area contributed by atoms with Gasteiger partial charge in [0, 0.05) is 10.8 Å². The van der Waals surface area contributed by atoms with Gasteiger partial charge >= 0.3 is 0 Å². The number of benzene rings is 7. The lowest BCUT2D eigenvalue weighted by atomic mass is 9.76. The highest BCUT2D eigenvalue weighted by Gasteiger charge is 2.26. The smallest absolute Gasteiger partial charge is 0.135 e. The van der Waals surface area contributed by atoms with E-state index in [-0.39, 0.29) is 0 Å². The molecular weight excluding hydrogens is 569 g/mol. The van der Waals surface area contributed by atoms with Crippen LogP contribution in [0.15, 0.2) is 101 Å². The quantitative estimate of drug-likeness (QED) is 0.182. The average Bonchev–Trinajstić information content (AvgIpc) is 3.48. The topological polar surface area (TPSA) is 13.1 Å². The van der Waals surface area contributed by atoms with Crippen molar-refractivity contribution >= 4 is 43.5 Å². The van der Waals surface area contributed by atoms with E-state index in [4.69, 9.17) is 4.42 Å². The third kappa shape index (κ3) is 4.22. The second kappa shape index (κ2) is 10.7. The minimum absolute atomic E-state index is 0.919. The number of hydrogen-bond acceptors (Lipinski definition) is 1. The van der Waals surface area contributed by atoms with Crippen molar-refractivity contribution < 1.29 is 4.42 Å². The van der Waals surface area contributed by atoms with Gasteiger partial charge in [-0.1, -0.05) is 72.8 Å². The third-order valence-electron chi connectivity index (χ3n) is 11.3. The van der Waals surface area contributed by atoms with E-state index >= 15 is 0 Å². The summed E-state index contributed by atoms with van der Waals surface area (Å²) in [5.74, 6) is 0. The lowest BCUT2D eigenvalue weighted by Crippen LogP contribution is -2.03. The van der Waals surface area contributed by atoms with Crippen LogP contribution in [0.4, 0.5) is 0 Å². The summed E-state index contributed by atoms with van der Waals surface area (Å²) in [5.41, 5.74) is 20.4. The first-order valence-electron chi connectivity index (χ1n) is 16.7. The molecule has 0 aliphatic rings. The van der Waals surface area contributed by atoms with Crippen LogP contribution in [0.25, 0.3) is 76.9 Å². The summed E-state index contributed by atoms with van der Waals surface area (Å²) in [5, 5.41) is 7.76. The molecule has 0 atom stereocenters. The highest BCUT2D eigenvalue weighted by molar-refractivity contribution is 6.26.